The summed E-state index contributed by atoms with van der Waals surface area (Å²) in [5, 5.41) is 5.27. The first-order chi connectivity index (χ1) is 11.0. The van der Waals surface area contributed by atoms with Gasteiger partial charge >= 0.3 is 6.03 Å². The monoisotopic (exact) mass is 320 g/mol. The van der Waals surface area contributed by atoms with Crippen LogP contribution in [0.5, 0.6) is 0 Å². The Bertz CT molecular complexity index is 525. The molecule has 0 radical (unpaired) electrons. The van der Waals surface area contributed by atoms with E-state index in [1.54, 1.807) is 6.08 Å². The predicted molar refractivity (Wildman–Crippen MR) is 84.6 cm³/mol. The van der Waals surface area contributed by atoms with Gasteiger partial charge in [0.15, 0.2) is 0 Å². The summed E-state index contributed by atoms with van der Waals surface area (Å²) in [5.41, 5.74) is 0.130. The molecule has 126 valence electrons. The fourth-order valence-corrected chi connectivity index (χ4v) is 3.86. The zero-order valence-corrected chi connectivity index (χ0v) is 13.3. The summed E-state index contributed by atoms with van der Waals surface area (Å²) in [6.07, 6.45) is 5.08. The van der Waals surface area contributed by atoms with Gasteiger partial charge in [-0.2, -0.15) is 0 Å². The molecule has 3 fully saturated rings. The molecule has 3 rings (SSSR count). The molecular weight excluding hydrogens is 296 g/mol. The number of rotatable bonds is 3. The summed E-state index contributed by atoms with van der Waals surface area (Å²) in [5.74, 6) is 0.196. The summed E-state index contributed by atoms with van der Waals surface area (Å²) in [4.78, 5) is 39.3. The minimum absolute atomic E-state index is 0.00645. The Morgan fingerprint density at radius 1 is 1.30 bits per heavy atom. The van der Waals surface area contributed by atoms with Gasteiger partial charge in [0, 0.05) is 39.1 Å². The summed E-state index contributed by atoms with van der Waals surface area (Å²) in [6.45, 7) is 6.84. The first kappa shape index (κ1) is 15.8. The van der Waals surface area contributed by atoms with Crippen LogP contribution >= 0.6 is 0 Å². The third-order valence-corrected chi connectivity index (χ3v) is 5.30. The number of nitrogens with one attached hydrogen (secondary N) is 2. The van der Waals surface area contributed by atoms with Crippen molar-refractivity contribution in [3.63, 3.8) is 0 Å². The number of amides is 4. The van der Waals surface area contributed by atoms with E-state index in [1.807, 2.05) is 9.80 Å². The lowest BCUT2D eigenvalue weighted by Crippen LogP contribution is -2.54. The molecule has 3 aliphatic heterocycles. The van der Waals surface area contributed by atoms with E-state index in [1.165, 1.54) is 0 Å². The number of hydrogen-bond donors (Lipinski definition) is 2. The van der Waals surface area contributed by atoms with Crippen molar-refractivity contribution in [2.45, 2.75) is 31.7 Å². The molecule has 7 nitrogen and oxygen atoms in total. The molecule has 23 heavy (non-hydrogen) atoms. The molecular formula is C16H24N4O3. The maximum Gasteiger partial charge on any atom is 0.315 e. The van der Waals surface area contributed by atoms with E-state index in [2.05, 4.69) is 17.2 Å². The third kappa shape index (κ3) is 3.18. The van der Waals surface area contributed by atoms with Crippen molar-refractivity contribution < 1.29 is 14.4 Å². The molecule has 3 saturated heterocycles. The van der Waals surface area contributed by atoms with Crippen molar-refractivity contribution in [2.75, 3.05) is 32.7 Å². The first-order valence-electron chi connectivity index (χ1n) is 8.25. The highest BCUT2D eigenvalue weighted by Crippen LogP contribution is 2.40. The molecule has 0 bridgehead atoms. The molecule has 4 amide bonds. The summed E-state index contributed by atoms with van der Waals surface area (Å²) in [6, 6.07) is -0.718. The Hall–Kier alpha value is -2.05. The van der Waals surface area contributed by atoms with Gasteiger partial charge in [-0.05, 0) is 24.7 Å². The number of hydrogen-bond acceptors (Lipinski definition) is 3. The lowest BCUT2D eigenvalue weighted by Gasteiger charge is -2.47. The summed E-state index contributed by atoms with van der Waals surface area (Å²) >= 11 is 0. The summed E-state index contributed by atoms with van der Waals surface area (Å²) in [7, 11) is 0. The van der Waals surface area contributed by atoms with E-state index in [0.29, 0.717) is 32.6 Å². The molecule has 0 aromatic carbocycles. The predicted octanol–water partition coefficient (Wildman–Crippen LogP) is 0.0850. The van der Waals surface area contributed by atoms with Crippen LogP contribution in [0.3, 0.4) is 0 Å². The van der Waals surface area contributed by atoms with Gasteiger partial charge in [-0.3, -0.25) is 9.59 Å². The van der Waals surface area contributed by atoms with Crippen LogP contribution in [0.2, 0.25) is 0 Å². The number of urea groups is 1. The lowest BCUT2D eigenvalue weighted by atomic mass is 9.72. The Morgan fingerprint density at radius 3 is 2.65 bits per heavy atom. The van der Waals surface area contributed by atoms with Gasteiger partial charge in [0.2, 0.25) is 11.8 Å². The molecule has 0 saturated carbocycles. The highest BCUT2D eigenvalue weighted by molar-refractivity contribution is 5.90. The van der Waals surface area contributed by atoms with E-state index < -0.39 is 6.04 Å². The molecule has 1 atom stereocenters. The largest absolute Gasteiger partial charge is 0.341 e. The zero-order chi connectivity index (χ0) is 16.4. The zero-order valence-electron chi connectivity index (χ0n) is 13.3. The molecule has 1 unspecified atom stereocenters. The second-order valence-electron chi connectivity index (χ2n) is 6.80. The highest BCUT2D eigenvalue weighted by Gasteiger charge is 2.42. The van der Waals surface area contributed by atoms with Crippen LogP contribution in [0.25, 0.3) is 0 Å². The number of likely N-dealkylation sites (tertiary alicyclic amines) is 2. The maximum atomic E-state index is 12.4. The van der Waals surface area contributed by atoms with Gasteiger partial charge in [0.1, 0.15) is 6.04 Å². The molecule has 0 aromatic heterocycles. The molecule has 0 aromatic rings. The van der Waals surface area contributed by atoms with E-state index in [9.17, 15) is 14.4 Å². The Balaban J connectivity index is 1.57. The van der Waals surface area contributed by atoms with Gasteiger partial charge in [-0.25, -0.2) is 4.79 Å². The Morgan fingerprint density at radius 2 is 2.04 bits per heavy atom. The number of carbonyl (C=O) groups excluding carboxylic acids is 3. The van der Waals surface area contributed by atoms with Crippen LogP contribution in [0.1, 0.15) is 25.7 Å². The smallest absolute Gasteiger partial charge is 0.315 e. The molecule has 1 spiro atoms. The standard InChI is InChI=1S/C16H24N4O3/c1-2-7-20-11-16(4-3-13(20)21)5-8-19(9-6-16)14(22)12-10-17-15(23)18-12/h2,12H,1,3-11H2,(H2,17,18,23). The molecule has 3 aliphatic rings. The van der Waals surface area contributed by atoms with Crippen LogP contribution in [0.4, 0.5) is 4.79 Å². The van der Waals surface area contributed by atoms with Crippen molar-refractivity contribution in [1.82, 2.24) is 20.4 Å². The molecule has 7 heteroatoms. The normalized spacial score (nSPS) is 26.9. The van der Waals surface area contributed by atoms with Crippen LogP contribution in [-0.2, 0) is 9.59 Å². The average Bonchev–Trinajstić information content (AvgIpc) is 2.98. The second-order valence-corrected chi connectivity index (χ2v) is 6.80. The van der Waals surface area contributed by atoms with E-state index in [-0.39, 0.29) is 23.3 Å². The van der Waals surface area contributed by atoms with Crippen molar-refractivity contribution in [2.24, 2.45) is 5.41 Å². The highest BCUT2D eigenvalue weighted by atomic mass is 16.2. The second kappa shape index (κ2) is 6.22. The van der Waals surface area contributed by atoms with E-state index >= 15 is 0 Å². The Kier molecular flexibility index (Phi) is 4.28. The van der Waals surface area contributed by atoms with Crippen LogP contribution in [0, 0.1) is 5.41 Å². The quantitative estimate of drug-likeness (QED) is 0.723. The van der Waals surface area contributed by atoms with Crippen molar-refractivity contribution in [3.05, 3.63) is 12.7 Å². The van der Waals surface area contributed by atoms with Crippen LogP contribution in [-0.4, -0.2) is 66.4 Å². The lowest BCUT2D eigenvalue weighted by molar-refractivity contribution is -0.142. The van der Waals surface area contributed by atoms with E-state index in [0.717, 1.165) is 25.8 Å². The summed E-state index contributed by atoms with van der Waals surface area (Å²) < 4.78 is 0. The topological polar surface area (TPSA) is 81.8 Å². The van der Waals surface area contributed by atoms with Crippen molar-refractivity contribution in [1.29, 1.82) is 0 Å². The SMILES string of the molecule is C=CCN1CC2(CCC1=O)CCN(C(=O)C1CNC(=O)N1)CC2. The average molecular weight is 320 g/mol. The molecule has 3 heterocycles. The number of carbonyl (C=O) groups is 3. The van der Waals surface area contributed by atoms with Crippen molar-refractivity contribution in [3.8, 4) is 0 Å². The third-order valence-electron chi connectivity index (χ3n) is 5.30. The van der Waals surface area contributed by atoms with Gasteiger partial charge in [0.05, 0.1) is 0 Å². The van der Waals surface area contributed by atoms with Crippen LogP contribution < -0.4 is 10.6 Å². The fraction of sp³-hybridized carbons (Fsp3) is 0.688. The first-order valence-corrected chi connectivity index (χ1v) is 8.25. The van der Waals surface area contributed by atoms with Gasteiger partial charge in [0.25, 0.3) is 0 Å². The van der Waals surface area contributed by atoms with Crippen LogP contribution in [0.15, 0.2) is 12.7 Å². The van der Waals surface area contributed by atoms with Gasteiger partial charge < -0.3 is 20.4 Å². The molecule has 2 N–H and O–H groups in total. The minimum Gasteiger partial charge on any atom is -0.341 e. The number of nitrogens with zero attached hydrogens (tertiary/aromatic N) is 2. The maximum absolute atomic E-state index is 12.4. The van der Waals surface area contributed by atoms with Gasteiger partial charge in [-0.1, -0.05) is 6.08 Å². The van der Waals surface area contributed by atoms with Crippen molar-refractivity contribution >= 4 is 17.8 Å². The minimum atomic E-state index is -0.443. The number of piperidine rings is 2. The molecule has 0 aliphatic carbocycles. The Labute approximate surface area is 136 Å². The fourth-order valence-electron chi connectivity index (χ4n) is 3.86. The van der Waals surface area contributed by atoms with E-state index in [4.69, 9.17) is 0 Å². The van der Waals surface area contributed by atoms with Gasteiger partial charge in [-0.15, -0.1) is 6.58 Å².